The summed E-state index contributed by atoms with van der Waals surface area (Å²) in [4.78, 5) is 4.48. The number of sulfonamides is 1. The van der Waals surface area contributed by atoms with Crippen LogP contribution in [0.1, 0.15) is 5.69 Å². The lowest BCUT2D eigenvalue weighted by Gasteiger charge is -2.24. The van der Waals surface area contributed by atoms with E-state index in [-0.39, 0.29) is 4.90 Å². The van der Waals surface area contributed by atoms with Crippen molar-refractivity contribution in [1.82, 2.24) is 4.98 Å². The molecule has 0 saturated carbocycles. The van der Waals surface area contributed by atoms with Gasteiger partial charge in [-0.1, -0.05) is 35.9 Å². The van der Waals surface area contributed by atoms with Gasteiger partial charge < -0.3 is 0 Å². The van der Waals surface area contributed by atoms with Crippen molar-refractivity contribution in [3.63, 3.8) is 0 Å². The number of pyridine rings is 1. The molecule has 4 nitrogen and oxygen atoms in total. The fourth-order valence-corrected chi connectivity index (χ4v) is 4.07. The number of para-hydroxylation sites is 1. The molecule has 0 fully saturated rings. The van der Waals surface area contributed by atoms with Crippen LogP contribution in [-0.2, 0) is 16.4 Å². The quantitative estimate of drug-likeness (QED) is 0.652. The summed E-state index contributed by atoms with van der Waals surface area (Å²) in [5, 5.41) is 0.499. The maximum Gasteiger partial charge on any atom is 0.264 e. The number of benzene rings is 2. The van der Waals surface area contributed by atoms with Crippen LogP contribution in [0.15, 0.2) is 83.9 Å². The predicted octanol–water partition coefficient (Wildman–Crippen LogP) is 4.17. The lowest BCUT2D eigenvalue weighted by atomic mass is 10.2. The summed E-state index contributed by atoms with van der Waals surface area (Å²) in [6.07, 6.45) is 2.22. The molecule has 2 aromatic carbocycles. The number of anilines is 1. The molecule has 0 amide bonds. The Hall–Kier alpha value is -2.37. The van der Waals surface area contributed by atoms with Crippen LogP contribution in [-0.4, -0.2) is 19.9 Å². The van der Waals surface area contributed by atoms with E-state index in [1.807, 2.05) is 36.4 Å². The standard InChI is InChI=1S/C19H17ClN2O2S/c20-16-9-11-19(12-10-16)25(23,24)22(18-7-2-1-3-8-18)15-13-17-6-4-5-14-21-17/h1-12,14H,13,15H2. The molecule has 0 unspecified atom stereocenters. The van der Waals surface area contributed by atoms with Crippen LogP contribution < -0.4 is 4.31 Å². The highest BCUT2D eigenvalue weighted by atomic mass is 35.5. The van der Waals surface area contributed by atoms with Crippen LogP contribution in [0.4, 0.5) is 5.69 Å². The third-order valence-electron chi connectivity index (χ3n) is 3.74. The molecule has 3 aromatic rings. The molecule has 3 rings (SSSR count). The molecule has 0 spiro atoms. The number of hydrogen-bond acceptors (Lipinski definition) is 3. The van der Waals surface area contributed by atoms with Gasteiger partial charge in [-0.2, -0.15) is 0 Å². The molecule has 0 saturated heterocycles. The predicted molar refractivity (Wildman–Crippen MR) is 100 cm³/mol. The van der Waals surface area contributed by atoms with Gasteiger partial charge in [-0.25, -0.2) is 8.42 Å². The highest BCUT2D eigenvalue weighted by molar-refractivity contribution is 7.92. The zero-order valence-corrected chi connectivity index (χ0v) is 15.0. The lowest BCUT2D eigenvalue weighted by molar-refractivity contribution is 0.590. The number of aromatic nitrogens is 1. The smallest absolute Gasteiger partial charge is 0.264 e. The molecule has 0 bridgehead atoms. The van der Waals surface area contributed by atoms with E-state index in [2.05, 4.69) is 4.98 Å². The van der Waals surface area contributed by atoms with Crippen molar-refractivity contribution >= 4 is 27.3 Å². The van der Waals surface area contributed by atoms with E-state index in [1.165, 1.54) is 16.4 Å². The van der Waals surface area contributed by atoms with Gasteiger partial charge >= 0.3 is 0 Å². The van der Waals surface area contributed by atoms with Crippen molar-refractivity contribution in [2.75, 3.05) is 10.8 Å². The molecule has 128 valence electrons. The Balaban J connectivity index is 1.94. The molecule has 0 N–H and O–H groups in total. The molecular weight excluding hydrogens is 356 g/mol. The van der Waals surface area contributed by atoms with Crippen LogP contribution in [0.5, 0.6) is 0 Å². The van der Waals surface area contributed by atoms with E-state index in [0.717, 1.165) is 5.69 Å². The Morgan fingerprint density at radius 1 is 0.880 bits per heavy atom. The molecule has 0 atom stereocenters. The van der Waals surface area contributed by atoms with Crippen molar-refractivity contribution in [2.45, 2.75) is 11.3 Å². The van der Waals surface area contributed by atoms with Gasteiger partial charge in [-0.15, -0.1) is 0 Å². The van der Waals surface area contributed by atoms with Gasteiger partial charge in [0.15, 0.2) is 0 Å². The number of hydrogen-bond donors (Lipinski definition) is 0. The first-order chi connectivity index (χ1) is 12.1. The Morgan fingerprint density at radius 2 is 1.56 bits per heavy atom. The Kier molecular flexibility index (Phi) is 5.36. The second-order valence-corrected chi connectivity index (χ2v) is 7.74. The largest absolute Gasteiger partial charge is 0.266 e. The van der Waals surface area contributed by atoms with Crippen LogP contribution in [0.2, 0.25) is 5.02 Å². The first-order valence-corrected chi connectivity index (χ1v) is 9.62. The first-order valence-electron chi connectivity index (χ1n) is 7.80. The van der Waals surface area contributed by atoms with Gasteiger partial charge in [-0.05, 0) is 48.5 Å². The maximum atomic E-state index is 13.1. The molecule has 1 aromatic heterocycles. The second kappa shape index (κ2) is 7.68. The van der Waals surface area contributed by atoms with E-state index in [9.17, 15) is 8.42 Å². The zero-order chi connectivity index (χ0) is 17.7. The van der Waals surface area contributed by atoms with E-state index in [4.69, 9.17) is 11.6 Å². The SMILES string of the molecule is O=S(=O)(c1ccc(Cl)cc1)N(CCc1ccccn1)c1ccccc1. The minimum Gasteiger partial charge on any atom is -0.266 e. The summed E-state index contributed by atoms with van der Waals surface area (Å²) >= 11 is 5.88. The Bertz CT molecular complexity index is 915. The Labute approximate surface area is 152 Å². The molecule has 0 aliphatic heterocycles. The average Bonchev–Trinajstić information content (AvgIpc) is 2.64. The normalized spacial score (nSPS) is 11.2. The average molecular weight is 373 g/mol. The molecule has 25 heavy (non-hydrogen) atoms. The summed E-state index contributed by atoms with van der Waals surface area (Å²) in [6.45, 7) is 0.298. The van der Waals surface area contributed by atoms with Crippen molar-refractivity contribution in [3.05, 3.63) is 89.7 Å². The van der Waals surface area contributed by atoms with E-state index in [1.54, 1.807) is 30.5 Å². The third-order valence-corrected chi connectivity index (χ3v) is 5.84. The topological polar surface area (TPSA) is 50.3 Å². The van der Waals surface area contributed by atoms with Crippen molar-refractivity contribution in [1.29, 1.82) is 0 Å². The van der Waals surface area contributed by atoms with Gasteiger partial charge in [0, 0.05) is 29.9 Å². The minimum absolute atomic E-state index is 0.210. The fourth-order valence-electron chi connectivity index (χ4n) is 2.48. The first kappa shape index (κ1) is 17.5. The number of nitrogens with zero attached hydrogens (tertiary/aromatic N) is 2. The van der Waals surface area contributed by atoms with Crippen molar-refractivity contribution < 1.29 is 8.42 Å². The van der Waals surface area contributed by atoms with Gasteiger partial charge in [0.05, 0.1) is 10.6 Å². The van der Waals surface area contributed by atoms with E-state index >= 15 is 0 Å². The fraction of sp³-hybridized carbons (Fsp3) is 0.105. The minimum atomic E-state index is -3.69. The van der Waals surface area contributed by atoms with Crippen molar-refractivity contribution in [3.8, 4) is 0 Å². The highest BCUT2D eigenvalue weighted by Gasteiger charge is 2.24. The molecule has 1 heterocycles. The molecule has 0 radical (unpaired) electrons. The summed E-state index contributed by atoms with van der Waals surface area (Å²) in [5.74, 6) is 0. The van der Waals surface area contributed by atoms with E-state index < -0.39 is 10.0 Å². The lowest BCUT2D eigenvalue weighted by Crippen LogP contribution is -2.33. The summed E-state index contributed by atoms with van der Waals surface area (Å²) in [6, 6.07) is 20.9. The number of halogens is 1. The Morgan fingerprint density at radius 3 is 2.20 bits per heavy atom. The molecular formula is C19H17ClN2O2S. The maximum absolute atomic E-state index is 13.1. The summed E-state index contributed by atoms with van der Waals surface area (Å²) in [7, 11) is -3.69. The molecule has 0 aliphatic carbocycles. The zero-order valence-electron chi connectivity index (χ0n) is 13.4. The van der Waals surface area contributed by atoms with Crippen LogP contribution in [0.25, 0.3) is 0 Å². The third kappa shape index (κ3) is 4.18. The second-order valence-electron chi connectivity index (χ2n) is 5.44. The van der Waals surface area contributed by atoms with Crippen LogP contribution in [0, 0.1) is 0 Å². The van der Waals surface area contributed by atoms with Gasteiger partial charge in [0.25, 0.3) is 10.0 Å². The van der Waals surface area contributed by atoms with Crippen LogP contribution in [0.3, 0.4) is 0 Å². The van der Waals surface area contributed by atoms with E-state index in [0.29, 0.717) is 23.7 Å². The molecule has 6 heteroatoms. The number of rotatable bonds is 6. The summed E-state index contributed by atoms with van der Waals surface area (Å²) in [5.41, 5.74) is 1.46. The molecule has 0 aliphatic rings. The monoisotopic (exact) mass is 372 g/mol. The summed E-state index contributed by atoms with van der Waals surface area (Å²) < 4.78 is 27.7. The highest BCUT2D eigenvalue weighted by Crippen LogP contribution is 2.24. The van der Waals surface area contributed by atoms with Gasteiger partial charge in [-0.3, -0.25) is 9.29 Å². The van der Waals surface area contributed by atoms with Gasteiger partial charge in [0.2, 0.25) is 0 Å². The van der Waals surface area contributed by atoms with Gasteiger partial charge in [0.1, 0.15) is 0 Å². The van der Waals surface area contributed by atoms with Crippen molar-refractivity contribution in [2.24, 2.45) is 0 Å². The van der Waals surface area contributed by atoms with Crippen LogP contribution >= 0.6 is 11.6 Å².